The monoisotopic (exact) mass is 285 g/mol. The Kier molecular flexibility index (Phi) is 6.25. The number of aliphatic hydroxyl groups is 1. The first kappa shape index (κ1) is 15.5. The third-order valence-corrected chi connectivity index (χ3v) is 3.38. The van der Waals surface area contributed by atoms with Crippen LogP contribution < -0.4 is 0 Å². The quantitative estimate of drug-likeness (QED) is 0.715. The predicted molar refractivity (Wildman–Crippen MR) is 84.7 cm³/mol. The van der Waals surface area contributed by atoms with Crippen LogP contribution in [-0.4, -0.2) is 22.7 Å². The number of aliphatic hydroxyl groups excluding tert-OH is 1. The second-order valence-corrected chi connectivity index (χ2v) is 5.25. The van der Waals surface area contributed by atoms with Gasteiger partial charge in [0, 0.05) is 13.1 Å². The second kappa shape index (κ2) is 8.45. The van der Waals surface area contributed by atoms with Crippen LogP contribution in [0.5, 0.6) is 0 Å². The topological polar surface area (TPSA) is 36.6 Å². The van der Waals surface area contributed by atoms with Crippen molar-refractivity contribution in [2.24, 2.45) is 0 Å². The standard InChI is InChI=1S/C18H23NO2/c1-2-3-10-17(20)14-19(15-18-11-7-12-21-18)13-16-8-5-4-6-9-16/h2,4-9,11-12,17,20H,1,3,10,13-15H2. The van der Waals surface area contributed by atoms with Crippen LogP contribution in [0.4, 0.5) is 0 Å². The second-order valence-electron chi connectivity index (χ2n) is 5.25. The Labute approximate surface area is 126 Å². The summed E-state index contributed by atoms with van der Waals surface area (Å²) in [6, 6.07) is 14.1. The molecule has 0 saturated carbocycles. The average molecular weight is 285 g/mol. The molecule has 1 atom stereocenters. The van der Waals surface area contributed by atoms with Crippen LogP contribution >= 0.6 is 0 Å². The van der Waals surface area contributed by atoms with E-state index in [0.29, 0.717) is 13.1 Å². The third kappa shape index (κ3) is 5.58. The first-order valence-electron chi connectivity index (χ1n) is 7.35. The highest BCUT2D eigenvalue weighted by Crippen LogP contribution is 2.12. The zero-order valence-corrected chi connectivity index (χ0v) is 12.3. The number of furan rings is 1. The summed E-state index contributed by atoms with van der Waals surface area (Å²) in [6.45, 7) is 5.83. The molecule has 0 amide bonds. The average Bonchev–Trinajstić information content (AvgIpc) is 2.99. The fraction of sp³-hybridized carbons (Fsp3) is 0.333. The van der Waals surface area contributed by atoms with Gasteiger partial charge in [0.25, 0.3) is 0 Å². The van der Waals surface area contributed by atoms with Crippen molar-refractivity contribution in [3.05, 3.63) is 72.7 Å². The van der Waals surface area contributed by atoms with Crippen molar-refractivity contribution in [3.8, 4) is 0 Å². The highest BCUT2D eigenvalue weighted by molar-refractivity contribution is 5.14. The fourth-order valence-electron chi connectivity index (χ4n) is 2.35. The lowest BCUT2D eigenvalue weighted by molar-refractivity contribution is 0.0945. The van der Waals surface area contributed by atoms with Gasteiger partial charge in [0.1, 0.15) is 5.76 Å². The molecule has 1 aromatic heterocycles. The Morgan fingerprint density at radius 3 is 2.62 bits per heavy atom. The first-order valence-corrected chi connectivity index (χ1v) is 7.35. The van der Waals surface area contributed by atoms with Crippen molar-refractivity contribution in [2.75, 3.05) is 6.54 Å². The van der Waals surface area contributed by atoms with Crippen molar-refractivity contribution in [2.45, 2.75) is 32.0 Å². The molecule has 3 nitrogen and oxygen atoms in total. The van der Waals surface area contributed by atoms with E-state index in [-0.39, 0.29) is 6.10 Å². The zero-order chi connectivity index (χ0) is 14.9. The molecule has 0 bridgehead atoms. The molecular weight excluding hydrogens is 262 g/mol. The van der Waals surface area contributed by atoms with Gasteiger partial charge in [-0.25, -0.2) is 0 Å². The number of rotatable bonds is 9. The van der Waals surface area contributed by atoms with Crippen LogP contribution in [0.15, 0.2) is 65.8 Å². The van der Waals surface area contributed by atoms with E-state index in [9.17, 15) is 5.11 Å². The van der Waals surface area contributed by atoms with Gasteiger partial charge in [-0.05, 0) is 30.5 Å². The van der Waals surface area contributed by atoms with E-state index >= 15 is 0 Å². The Bertz CT molecular complexity index is 507. The molecule has 0 aliphatic carbocycles. The van der Waals surface area contributed by atoms with Crippen molar-refractivity contribution in [3.63, 3.8) is 0 Å². The van der Waals surface area contributed by atoms with Gasteiger partial charge < -0.3 is 9.52 Å². The van der Waals surface area contributed by atoms with Crippen LogP contribution in [-0.2, 0) is 13.1 Å². The lowest BCUT2D eigenvalue weighted by atomic mass is 10.1. The van der Waals surface area contributed by atoms with Crippen molar-refractivity contribution < 1.29 is 9.52 Å². The molecule has 112 valence electrons. The molecule has 2 rings (SSSR count). The Morgan fingerprint density at radius 2 is 1.95 bits per heavy atom. The van der Waals surface area contributed by atoms with Gasteiger partial charge in [-0.2, -0.15) is 0 Å². The molecule has 0 aliphatic heterocycles. The summed E-state index contributed by atoms with van der Waals surface area (Å²) in [5.74, 6) is 0.918. The minimum atomic E-state index is -0.346. The van der Waals surface area contributed by atoms with Crippen LogP contribution in [0.3, 0.4) is 0 Å². The molecule has 0 fully saturated rings. The Balaban J connectivity index is 1.97. The number of allylic oxidation sites excluding steroid dienone is 1. The molecule has 1 heterocycles. The minimum absolute atomic E-state index is 0.346. The molecule has 1 N–H and O–H groups in total. The van der Waals surface area contributed by atoms with E-state index in [1.165, 1.54) is 5.56 Å². The van der Waals surface area contributed by atoms with E-state index in [0.717, 1.165) is 25.1 Å². The van der Waals surface area contributed by atoms with E-state index < -0.39 is 0 Å². The number of nitrogens with zero attached hydrogens (tertiary/aromatic N) is 1. The van der Waals surface area contributed by atoms with E-state index in [1.54, 1.807) is 6.26 Å². The zero-order valence-electron chi connectivity index (χ0n) is 12.3. The number of hydrogen-bond acceptors (Lipinski definition) is 3. The maximum atomic E-state index is 10.1. The van der Waals surface area contributed by atoms with Crippen LogP contribution in [0.1, 0.15) is 24.2 Å². The molecule has 3 heteroatoms. The molecular formula is C18H23NO2. The molecule has 0 saturated heterocycles. The largest absolute Gasteiger partial charge is 0.468 e. The lowest BCUT2D eigenvalue weighted by Gasteiger charge is -2.24. The van der Waals surface area contributed by atoms with Crippen LogP contribution in [0.2, 0.25) is 0 Å². The summed E-state index contributed by atoms with van der Waals surface area (Å²) in [6.07, 6.45) is 4.76. The van der Waals surface area contributed by atoms with Gasteiger partial charge in [0.15, 0.2) is 0 Å². The highest BCUT2D eigenvalue weighted by Gasteiger charge is 2.13. The first-order chi connectivity index (χ1) is 10.3. The van der Waals surface area contributed by atoms with Crippen molar-refractivity contribution in [1.82, 2.24) is 4.90 Å². The lowest BCUT2D eigenvalue weighted by Crippen LogP contribution is -2.31. The Hall–Kier alpha value is -1.84. The van der Waals surface area contributed by atoms with E-state index in [1.807, 2.05) is 36.4 Å². The maximum absolute atomic E-state index is 10.1. The van der Waals surface area contributed by atoms with Crippen molar-refractivity contribution >= 4 is 0 Å². The van der Waals surface area contributed by atoms with Gasteiger partial charge >= 0.3 is 0 Å². The summed E-state index contributed by atoms with van der Waals surface area (Å²) in [7, 11) is 0. The Morgan fingerprint density at radius 1 is 1.14 bits per heavy atom. The third-order valence-electron chi connectivity index (χ3n) is 3.38. The molecule has 0 spiro atoms. The van der Waals surface area contributed by atoms with Gasteiger partial charge in [-0.1, -0.05) is 36.4 Å². The van der Waals surface area contributed by atoms with Crippen molar-refractivity contribution in [1.29, 1.82) is 0 Å². The van der Waals surface area contributed by atoms with Crippen LogP contribution in [0.25, 0.3) is 0 Å². The smallest absolute Gasteiger partial charge is 0.117 e. The van der Waals surface area contributed by atoms with Gasteiger partial charge in [-0.3, -0.25) is 4.90 Å². The molecule has 1 aromatic carbocycles. The SMILES string of the molecule is C=CCCC(O)CN(Cc1ccccc1)Cc1ccco1. The van der Waals surface area contributed by atoms with E-state index in [2.05, 4.69) is 23.6 Å². The molecule has 1 unspecified atom stereocenters. The normalized spacial score (nSPS) is 12.5. The highest BCUT2D eigenvalue weighted by atomic mass is 16.3. The summed E-state index contributed by atoms with van der Waals surface area (Å²) >= 11 is 0. The van der Waals surface area contributed by atoms with Gasteiger partial charge in [-0.15, -0.1) is 6.58 Å². The van der Waals surface area contributed by atoms with E-state index in [4.69, 9.17) is 4.42 Å². The number of hydrogen-bond donors (Lipinski definition) is 1. The summed E-state index contributed by atoms with van der Waals surface area (Å²) in [4.78, 5) is 2.21. The molecule has 2 aromatic rings. The molecule has 21 heavy (non-hydrogen) atoms. The maximum Gasteiger partial charge on any atom is 0.117 e. The predicted octanol–water partition coefficient (Wildman–Crippen LogP) is 3.61. The van der Waals surface area contributed by atoms with Gasteiger partial charge in [0.2, 0.25) is 0 Å². The summed E-state index contributed by atoms with van der Waals surface area (Å²) in [5, 5.41) is 10.1. The van der Waals surface area contributed by atoms with Crippen LogP contribution in [0, 0.1) is 0 Å². The summed E-state index contributed by atoms with van der Waals surface area (Å²) in [5.41, 5.74) is 1.24. The summed E-state index contributed by atoms with van der Waals surface area (Å²) < 4.78 is 5.42. The minimum Gasteiger partial charge on any atom is -0.468 e. The molecule has 0 radical (unpaired) electrons. The fourth-order valence-corrected chi connectivity index (χ4v) is 2.35. The van der Waals surface area contributed by atoms with Gasteiger partial charge in [0.05, 0.1) is 18.9 Å². The number of benzene rings is 1. The molecule has 0 aliphatic rings.